The minimum Gasteiger partial charge on any atom is -0.376 e. The van der Waals surface area contributed by atoms with Gasteiger partial charge in [0.15, 0.2) is 0 Å². The molecule has 0 radical (unpaired) electrons. The van der Waals surface area contributed by atoms with Gasteiger partial charge in [0.25, 0.3) is 0 Å². The predicted octanol–water partition coefficient (Wildman–Crippen LogP) is 1.74. The lowest BCUT2D eigenvalue weighted by Crippen LogP contribution is -2.36. The van der Waals surface area contributed by atoms with E-state index in [1.54, 1.807) is 0 Å². The Kier molecular flexibility index (Phi) is 30.3. The SMILES string of the molecule is C=CC(=O)NC(C)COC(C)COCCOCC(COCCOCC(C)OCC(C)NC(=O)C=C)OCCOCC(C)OCC(C)NC(=O)C=C. The maximum atomic E-state index is 11.4. The second-order valence-corrected chi connectivity index (χ2v) is 12.1. The summed E-state index contributed by atoms with van der Waals surface area (Å²) in [5.74, 6) is -0.727. The topological polar surface area (TPSA) is 170 Å². The van der Waals surface area contributed by atoms with E-state index >= 15 is 0 Å². The van der Waals surface area contributed by atoms with Crippen molar-refractivity contribution in [3.05, 3.63) is 38.0 Å². The molecule has 296 valence electrons. The molecule has 0 aliphatic rings. The van der Waals surface area contributed by atoms with Crippen molar-refractivity contribution < 1.29 is 57.0 Å². The van der Waals surface area contributed by atoms with Gasteiger partial charge in [0, 0.05) is 18.1 Å². The molecule has 0 bridgehead atoms. The summed E-state index contributed by atoms with van der Waals surface area (Å²) in [6.45, 7) is 26.5. The van der Waals surface area contributed by atoms with E-state index in [4.69, 9.17) is 42.6 Å². The van der Waals surface area contributed by atoms with E-state index in [0.717, 1.165) is 0 Å². The molecular formula is C36H65N3O12. The molecule has 0 saturated carbocycles. The summed E-state index contributed by atoms with van der Waals surface area (Å²) in [6.07, 6.45) is 2.85. The average molecular weight is 732 g/mol. The zero-order valence-corrected chi connectivity index (χ0v) is 31.7. The van der Waals surface area contributed by atoms with Crippen LogP contribution < -0.4 is 16.0 Å². The maximum absolute atomic E-state index is 11.4. The van der Waals surface area contributed by atoms with Crippen LogP contribution in [-0.4, -0.2) is 153 Å². The highest BCUT2D eigenvalue weighted by atomic mass is 16.6. The van der Waals surface area contributed by atoms with E-state index in [2.05, 4.69) is 35.7 Å². The van der Waals surface area contributed by atoms with E-state index in [9.17, 15) is 14.4 Å². The van der Waals surface area contributed by atoms with Crippen LogP contribution in [-0.2, 0) is 57.0 Å². The van der Waals surface area contributed by atoms with E-state index in [-0.39, 0.29) is 73.5 Å². The van der Waals surface area contributed by atoms with Crippen LogP contribution in [0.25, 0.3) is 0 Å². The van der Waals surface area contributed by atoms with E-state index in [1.807, 2.05) is 41.5 Å². The fourth-order valence-corrected chi connectivity index (χ4v) is 3.93. The molecule has 6 atom stereocenters. The molecule has 0 heterocycles. The summed E-state index contributed by atoms with van der Waals surface area (Å²) >= 11 is 0. The molecule has 0 rings (SSSR count). The summed E-state index contributed by atoms with van der Waals surface area (Å²) < 4.78 is 51.8. The number of carbonyl (C=O) groups is 3. The number of hydrogen-bond acceptors (Lipinski definition) is 12. The summed E-state index contributed by atoms with van der Waals surface area (Å²) in [4.78, 5) is 34.2. The highest BCUT2D eigenvalue weighted by molar-refractivity contribution is 5.87. The third-order valence-electron chi connectivity index (χ3n) is 6.60. The Morgan fingerprint density at radius 2 is 0.706 bits per heavy atom. The van der Waals surface area contributed by atoms with Crippen LogP contribution in [0.4, 0.5) is 0 Å². The van der Waals surface area contributed by atoms with Crippen molar-refractivity contribution in [3.63, 3.8) is 0 Å². The molecule has 51 heavy (non-hydrogen) atoms. The maximum Gasteiger partial charge on any atom is 0.243 e. The highest BCUT2D eigenvalue weighted by Gasteiger charge is 2.13. The largest absolute Gasteiger partial charge is 0.376 e. The van der Waals surface area contributed by atoms with Gasteiger partial charge in [-0.2, -0.15) is 0 Å². The van der Waals surface area contributed by atoms with Crippen LogP contribution in [0.15, 0.2) is 38.0 Å². The molecule has 0 aromatic heterocycles. The third-order valence-corrected chi connectivity index (χ3v) is 6.60. The van der Waals surface area contributed by atoms with Crippen LogP contribution in [0, 0.1) is 0 Å². The van der Waals surface area contributed by atoms with Gasteiger partial charge in [-0.1, -0.05) is 19.7 Å². The van der Waals surface area contributed by atoms with E-state index in [0.29, 0.717) is 79.3 Å². The monoisotopic (exact) mass is 731 g/mol. The van der Waals surface area contributed by atoms with Crippen molar-refractivity contribution >= 4 is 17.7 Å². The van der Waals surface area contributed by atoms with Crippen molar-refractivity contribution in [3.8, 4) is 0 Å². The zero-order valence-electron chi connectivity index (χ0n) is 31.7. The second kappa shape index (κ2) is 32.0. The molecule has 15 nitrogen and oxygen atoms in total. The highest BCUT2D eigenvalue weighted by Crippen LogP contribution is 2.01. The Labute approximate surface area is 305 Å². The van der Waals surface area contributed by atoms with Gasteiger partial charge in [-0.05, 0) is 59.8 Å². The normalized spacial score (nSPS) is 15.4. The molecule has 0 aliphatic carbocycles. The number of ether oxygens (including phenoxy) is 9. The number of amides is 3. The Morgan fingerprint density at radius 3 is 1.00 bits per heavy atom. The number of nitrogens with one attached hydrogen (secondary N) is 3. The zero-order chi connectivity index (χ0) is 38.3. The standard InChI is InChI=1S/C36H65N3O12/c1-10-34(40)37-27(4)19-49-30(7)22-43-13-15-46-25-33(48-18-17-45-24-32(9)51-21-29(6)39-36(42)12-3)26-47-16-14-44-23-31(8)50-20-28(5)38-35(41)11-2/h10-12,27-33H,1-3,13-26H2,4-9H3,(H,37,40)(H,38,41)(H,39,42). The first-order chi connectivity index (χ1) is 24.4. The third kappa shape index (κ3) is 30.6. The van der Waals surface area contributed by atoms with Gasteiger partial charge in [0.05, 0.1) is 111 Å². The van der Waals surface area contributed by atoms with Crippen molar-refractivity contribution in [1.29, 1.82) is 0 Å². The van der Waals surface area contributed by atoms with E-state index < -0.39 is 0 Å². The van der Waals surface area contributed by atoms with Gasteiger partial charge < -0.3 is 58.6 Å². The van der Waals surface area contributed by atoms with Crippen molar-refractivity contribution in [2.75, 3.05) is 92.5 Å². The first-order valence-corrected chi connectivity index (χ1v) is 17.5. The summed E-state index contributed by atoms with van der Waals surface area (Å²) in [5.41, 5.74) is 0. The Hall–Kier alpha value is -2.73. The van der Waals surface area contributed by atoms with Gasteiger partial charge >= 0.3 is 0 Å². The van der Waals surface area contributed by atoms with Crippen LogP contribution in [0.3, 0.4) is 0 Å². The lowest BCUT2D eigenvalue weighted by molar-refractivity contribution is -0.118. The molecule has 0 saturated heterocycles. The molecule has 0 spiro atoms. The minimum atomic E-state index is -0.347. The summed E-state index contributed by atoms with van der Waals surface area (Å²) in [6, 6.07) is -0.432. The average Bonchev–Trinajstić information content (AvgIpc) is 3.10. The van der Waals surface area contributed by atoms with E-state index in [1.165, 1.54) is 18.2 Å². The molecule has 0 aliphatic heterocycles. The lowest BCUT2D eigenvalue weighted by atomic mass is 10.3. The van der Waals surface area contributed by atoms with Crippen molar-refractivity contribution in [2.24, 2.45) is 0 Å². The number of rotatable bonds is 35. The van der Waals surface area contributed by atoms with Crippen LogP contribution in [0.5, 0.6) is 0 Å². The first-order valence-electron chi connectivity index (χ1n) is 17.5. The van der Waals surface area contributed by atoms with Gasteiger partial charge in [-0.3, -0.25) is 14.4 Å². The Balaban J connectivity index is 4.45. The smallest absolute Gasteiger partial charge is 0.243 e. The quantitative estimate of drug-likeness (QED) is 0.0639. The fourth-order valence-electron chi connectivity index (χ4n) is 3.93. The molecule has 6 unspecified atom stereocenters. The Bertz CT molecular complexity index is 906. The van der Waals surface area contributed by atoms with Crippen LogP contribution >= 0.6 is 0 Å². The lowest BCUT2D eigenvalue weighted by Gasteiger charge is -2.20. The molecular weight excluding hydrogens is 666 g/mol. The van der Waals surface area contributed by atoms with Crippen LogP contribution in [0.2, 0.25) is 0 Å². The molecule has 15 heteroatoms. The molecule has 0 aromatic carbocycles. The van der Waals surface area contributed by atoms with Gasteiger partial charge in [-0.25, -0.2) is 0 Å². The fraction of sp³-hybridized carbons (Fsp3) is 0.750. The minimum absolute atomic E-state index is 0.142. The molecule has 0 fully saturated rings. The molecule has 0 aromatic rings. The van der Waals surface area contributed by atoms with Crippen LogP contribution in [0.1, 0.15) is 41.5 Å². The molecule has 3 N–H and O–H groups in total. The summed E-state index contributed by atoms with van der Waals surface area (Å²) in [5, 5.41) is 8.24. The van der Waals surface area contributed by atoms with Gasteiger partial charge in [-0.15, -0.1) is 0 Å². The first kappa shape index (κ1) is 48.3. The predicted molar refractivity (Wildman–Crippen MR) is 193 cm³/mol. The van der Waals surface area contributed by atoms with Gasteiger partial charge in [0.2, 0.25) is 17.7 Å². The summed E-state index contributed by atoms with van der Waals surface area (Å²) in [7, 11) is 0. The number of hydrogen-bond donors (Lipinski definition) is 3. The Morgan fingerprint density at radius 1 is 0.431 bits per heavy atom. The molecule has 3 amide bonds. The number of carbonyl (C=O) groups excluding carboxylic acids is 3. The van der Waals surface area contributed by atoms with Crippen molar-refractivity contribution in [1.82, 2.24) is 16.0 Å². The van der Waals surface area contributed by atoms with Gasteiger partial charge in [0.1, 0.15) is 6.10 Å². The van der Waals surface area contributed by atoms with Crippen molar-refractivity contribution in [2.45, 2.75) is 84.1 Å². The second-order valence-electron chi connectivity index (χ2n) is 12.1.